The average molecular weight is 481 g/mol. The molecule has 0 unspecified atom stereocenters. The maximum atomic E-state index is 14.0. The van der Waals surface area contributed by atoms with Gasteiger partial charge in [0.25, 0.3) is 0 Å². The number of hydrogen-bond acceptors (Lipinski definition) is 5. The summed E-state index contributed by atoms with van der Waals surface area (Å²) in [4.78, 5) is 45.2. The Morgan fingerprint density at radius 1 is 0.889 bits per heavy atom. The van der Waals surface area contributed by atoms with Gasteiger partial charge in [0.05, 0.1) is 30.7 Å². The number of amides is 2. The minimum absolute atomic E-state index is 0.0430. The van der Waals surface area contributed by atoms with Crippen LogP contribution in [0.5, 0.6) is 5.75 Å². The number of benzene rings is 3. The maximum absolute atomic E-state index is 14.0. The van der Waals surface area contributed by atoms with Crippen LogP contribution in [0.4, 0.5) is 11.4 Å². The van der Waals surface area contributed by atoms with E-state index < -0.39 is 23.3 Å². The number of rotatable bonds is 3. The van der Waals surface area contributed by atoms with Crippen LogP contribution in [0.15, 0.2) is 66.7 Å². The van der Waals surface area contributed by atoms with Gasteiger partial charge < -0.3 is 9.64 Å². The quantitative estimate of drug-likeness (QED) is 0.501. The lowest BCUT2D eigenvalue weighted by Crippen LogP contribution is -2.51. The molecule has 3 aliphatic heterocycles. The van der Waals surface area contributed by atoms with E-state index in [0.29, 0.717) is 11.4 Å². The molecule has 0 radical (unpaired) electrons. The van der Waals surface area contributed by atoms with E-state index in [9.17, 15) is 14.4 Å². The molecule has 0 bridgehead atoms. The van der Waals surface area contributed by atoms with Crippen LogP contribution in [-0.2, 0) is 14.4 Å². The molecular formula is C30H28N2O4. The third kappa shape index (κ3) is 3.13. The first-order valence-corrected chi connectivity index (χ1v) is 12.3. The van der Waals surface area contributed by atoms with Crippen molar-refractivity contribution in [2.45, 2.75) is 32.9 Å². The fourth-order valence-electron chi connectivity index (χ4n) is 5.99. The molecule has 6 nitrogen and oxygen atoms in total. The number of ether oxygens (including phenoxy) is 1. The molecule has 36 heavy (non-hydrogen) atoms. The molecule has 0 N–H and O–H groups in total. The first-order valence-electron chi connectivity index (χ1n) is 12.3. The number of nitrogens with zero attached hydrogens (tertiary/aromatic N) is 2. The summed E-state index contributed by atoms with van der Waals surface area (Å²) in [5.41, 5.74) is 1.62. The number of hydrogen-bond donors (Lipinski definition) is 0. The third-order valence-corrected chi connectivity index (χ3v) is 7.71. The van der Waals surface area contributed by atoms with Gasteiger partial charge in [0.1, 0.15) is 11.8 Å². The summed E-state index contributed by atoms with van der Waals surface area (Å²) >= 11 is 0. The number of carbonyl (C=O) groups excluding carboxylic acids is 3. The monoisotopic (exact) mass is 480 g/mol. The number of methoxy groups -OCH3 is 1. The third-order valence-electron chi connectivity index (χ3n) is 7.71. The summed E-state index contributed by atoms with van der Waals surface area (Å²) in [6.07, 6.45) is 3.93. The molecule has 2 fully saturated rings. The molecule has 3 aliphatic rings. The van der Waals surface area contributed by atoms with E-state index in [4.69, 9.17) is 4.74 Å². The van der Waals surface area contributed by atoms with Crippen molar-refractivity contribution < 1.29 is 19.1 Å². The molecule has 3 aromatic rings. The molecule has 6 rings (SSSR count). The second kappa shape index (κ2) is 7.79. The van der Waals surface area contributed by atoms with E-state index in [2.05, 4.69) is 0 Å². The lowest BCUT2D eigenvalue weighted by molar-refractivity contribution is -0.132. The van der Waals surface area contributed by atoms with Gasteiger partial charge in [-0.2, -0.15) is 0 Å². The molecule has 0 spiro atoms. The van der Waals surface area contributed by atoms with Gasteiger partial charge in [-0.15, -0.1) is 0 Å². The summed E-state index contributed by atoms with van der Waals surface area (Å²) in [6.45, 7) is 5.61. The molecule has 182 valence electrons. The summed E-state index contributed by atoms with van der Waals surface area (Å²) in [7, 11) is 1.61. The van der Waals surface area contributed by atoms with Crippen LogP contribution in [0.2, 0.25) is 0 Å². The van der Waals surface area contributed by atoms with Crippen LogP contribution in [0, 0.1) is 17.3 Å². The summed E-state index contributed by atoms with van der Waals surface area (Å²) in [5, 5.41) is 1.99. The maximum Gasteiger partial charge on any atom is 0.240 e. The zero-order chi connectivity index (χ0) is 25.4. The molecule has 0 aliphatic carbocycles. The van der Waals surface area contributed by atoms with Crippen LogP contribution in [-0.4, -0.2) is 36.8 Å². The highest BCUT2D eigenvalue weighted by Crippen LogP contribution is 2.51. The molecule has 3 heterocycles. The second-order valence-electron chi connectivity index (χ2n) is 10.8. The Labute approximate surface area is 210 Å². The molecule has 2 amide bonds. The fraction of sp³-hybridized carbons (Fsp3) is 0.300. The van der Waals surface area contributed by atoms with Crippen molar-refractivity contribution in [1.82, 2.24) is 0 Å². The Morgan fingerprint density at radius 2 is 1.61 bits per heavy atom. The zero-order valence-corrected chi connectivity index (χ0v) is 20.8. The van der Waals surface area contributed by atoms with Crippen LogP contribution in [0.3, 0.4) is 0 Å². The summed E-state index contributed by atoms with van der Waals surface area (Å²) in [5.74, 6) is -1.27. The summed E-state index contributed by atoms with van der Waals surface area (Å²) < 4.78 is 5.39. The predicted molar refractivity (Wildman–Crippen MR) is 140 cm³/mol. The second-order valence-corrected chi connectivity index (χ2v) is 10.8. The minimum atomic E-state index is -0.751. The van der Waals surface area contributed by atoms with Crippen LogP contribution in [0.1, 0.15) is 26.3 Å². The van der Waals surface area contributed by atoms with Gasteiger partial charge >= 0.3 is 0 Å². The number of fused-ring (bicyclic) bond motifs is 6. The Balaban J connectivity index is 1.48. The number of anilines is 2. The van der Waals surface area contributed by atoms with Gasteiger partial charge in [-0.3, -0.25) is 14.4 Å². The average Bonchev–Trinajstić information content (AvgIpc) is 3.34. The molecular weight excluding hydrogens is 452 g/mol. The van der Waals surface area contributed by atoms with Gasteiger partial charge in [0, 0.05) is 16.7 Å². The predicted octanol–water partition coefficient (Wildman–Crippen LogP) is 4.85. The highest BCUT2D eigenvalue weighted by Gasteiger charge is 2.65. The van der Waals surface area contributed by atoms with Crippen LogP contribution in [0.25, 0.3) is 16.8 Å². The number of carbonyl (C=O) groups is 3. The van der Waals surface area contributed by atoms with Gasteiger partial charge in [-0.05, 0) is 41.1 Å². The number of ketones is 1. The molecule has 2 saturated heterocycles. The van der Waals surface area contributed by atoms with Crippen LogP contribution < -0.4 is 14.5 Å². The van der Waals surface area contributed by atoms with Crippen molar-refractivity contribution in [3.63, 3.8) is 0 Å². The van der Waals surface area contributed by atoms with E-state index in [1.54, 1.807) is 7.11 Å². The van der Waals surface area contributed by atoms with E-state index in [0.717, 1.165) is 22.0 Å². The SMILES string of the molecule is COc1ccc2c(c1)C=C[C@@H]1[C@@H]3C(=O)N(c4ccc5ccccc5c4)C(=O)[C@@H]3[C@@H](C(=O)C(C)(C)C)N21. The zero-order valence-electron chi connectivity index (χ0n) is 20.8. The molecule has 6 heteroatoms. The van der Waals surface area contributed by atoms with E-state index in [-0.39, 0.29) is 23.6 Å². The van der Waals surface area contributed by atoms with Crippen molar-refractivity contribution in [1.29, 1.82) is 0 Å². The summed E-state index contributed by atoms with van der Waals surface area (Å²) in [6, 6.07) is 18.0. The number of imide groups is 1. The molecule has 3 aromatic carbocycles. The van der Waals surface area contributed by atoms with E-state index >= 15 is 0 Å². The van der Waals surface area contributed by atoms with E-state index in [1.165, 1.54) is 4.90 Å². The van der Waals surface area contributed by atoms with Crippen molar-refractivity contribution >= 4 is 45.8 Å². The first-order chi connectivity index (χ1) is 17.2. The minimum Gasteiger partial charge on any atom is -0.497 e. The van der Waals surface area contributed by atoms with Gasteiger partial charge in [0.2, 0.25) is 11.8 Å². The smallest absolute Gasteiger partial charge is 0.240 e. The first kappa shape index (κ1) is 22.5. The molecule has 0 aromatic heterocycles. The van der Waals surface area contributed by atoms with Crippen molar-refractivity contribution in [3.05, 3.63) is 72.3 Å². The Bertz CT molecular complexity index is 1470. The molecule has 4 atom stereocenters. The van der Waals surface area contributed by atoms with Crippen molar-refractivity contribution in [2.75, 3.05) is 16.9 Å². The lowest BCUT2D eigenvalue weighted by atomic mass is 9.79. The highest BCUT2D eigenvalue weighted by molar-refractivity contribution is 6.25. The van der Waals surface area contributed by atoms with E-state index in [1.807, 2.05) is 98.5 Å². The standard InChI is InChI=1S/C30H28N2O4/c1-30(2,3)27(33)26-25-24(23-13-10-19-16-21(36-4)12-14-22(19)32(23)26)28(34)31(29(25)35)20-11-9-17-7-5-6-8-18(17)15-20/h5-16,23-26H,1-4H3/t23-,24+,25+,26+/m1/s1. The topological polar surface area (TPSA) is 66.9 Å². The number of Topliss-reactive ketones (excluding diaryl/α,β-unsaturated/α-hetero) is 1. The van der Waals surface area contributed by atoms with Gasteiger partial charge in [-0.25, -0.2) is 4.90 Å². The Kier molecular flexibility index (Phi) is 4.87. The highest BCUT2D eigenvalue weighted by atomic mass is 16.5. The van der Waals surface area contributed by atoms with Crippen LogP contribution >= 0.6 is 0 Å². The normalized spacial score (nSPS) is 24.7. The lowest BCUT2D eigenvalue weighted by Gasteiger charge is -2.38. The Morgan fingerprint density at radius 3 is 2.33 bits per heavy atom. The van der Waals surface area contributed by atoms with Crippen molar-refractivity contribution in [2.24, 2.45) is 17.3 Å². The Hall–Kier alpha value is -3.93. The van der Waals surface area contributed by atoms with Crippen molar-refractivity contribution in [3.8, 4) is 5.75 Å². The van der Waals surface area contributed by atoms with Gasteiger partial charge in [-0.1, -0.05) is 63.3 Å². The van der Waals surface area contributed by atoms with Gasteiger partial charge in [0.15, 0.2) is 5.78 Å². The molecule has 0 saturated carbocycles. The fourth-order valence-corrected chi connectivity index (χ4v) is 5.99. The largest absolute Gasteiger partial charge is 0.497 e.